The van der Waals surface area contributed by atoms with Gasteiger partial charge in [0.15, 0.2) is 0 Å². The molecule has 0 rings (SSSR count). The highest BCUT2D eigenvalue weighted by molar-refractivity contribution is 4.76. The molecule has 0 aliphatic carbocycles. The SMILES string of the molecule is CC(C)OC(C)(C)[N]C(C)(C)OC(C)C. The fourth-order valence-electron chi connectivity index (χ4n) is 1.85. The highest BCUT2D eigenvalue weighted by Gasteiger charge is 2.32. The summed E-state index contributed by atoms with van der Waals surface area (Å²) >= 11 is 0. The Kier molecular flexibility index (Phi) is 5.24. The molecule has 3 nitrogen and oxygen atoms in total. The second-order valence-corrected chi connectivity index (χ2v) is 5.34. The first-order chi connectivity index (χ1) is 6.54. The van der Waals surface area contributed by atoms with Gasteiger partial charge in [-0.25, -0.2) is 0 Å². The molecule has 1 radical (unpaired) electrons. The van der Waals surface area contributed by atoms with Crippen LogP contribution >= 0.6 is 0 Å². The molecule has 0 aromatic heterocycles. The maximum absolute atomic E-state index is 5.71. The molecule has 91 valence electrons. The first-order valence-corrected chi connectivity index (χ1v) is 5.64. The lowest BCUT2D eigenvalue weighted by Gasteiger charge is -2.36. The predicted octanol–water partition coefficient (Wildman–Crippen LogP) is 2.91. The third-order valence-electron chi connectivity index (χ3n) is 1.59. The fraction of sp³-hybridized carbons (Fsp3) is 1.00. The minimum atomic E-state index is -0.507. The van der Waals surface area contributed by atoms with E-state index in [1.165, 1.54) is 0 Å². The number of rotatable bonds is 6. The van der Waals surface area contributed by atoms with Crippen LogP contribution in [0.1, 0.15) is 55.4 Å². The average molecular weight is 216 g/mol. The van der Waals surface area contributed by atoms with Crippen LogP contribution in [0.25, 0.3) is 0 Å². The van der Waals surface area contributed by atoms with E-state index in [1.54, 1.807) is 0 Å². The van der Waals surface area contributed by atoms with Crippen molar-refractivity contribution in [1.82, 2.24) is 5.32 Å². The van der Waals surface area contributed by atoms with Crippen LogP contribution in [0.3, 0.4) is 0 Å². The van der Waals surface area contributed by atoms with Gasteiger partial charge in [0.2, 0.25) is 0 Å². The molecule has 0 aliphatic heterocycles. The van der Waals surface area contributed by atoms with E-state index in [1.807, 2.05) is 55.4 Å². The monoisotopic (exact) mass is 216 g/mol. The zero-order valence-electron chi connectivity index (χ0n) is 11.4. The van der Waals surface area contributed by atoms with Crippen LogP contribution in [0.2, 0.25) is 0 Å². The minimum absolute atomic E-state index is 0.165. The summed E-state index contributed by atoms with van der Waals surface area (Å²) in [5, 5.41) is 4.58. The maximum Gasteiger partial charge on any atom is 0.132 e. The van der Waals surface area contributed by atoms with E-state index >= 15 is 0 Å². The van der Waals surface area contributed by atoms with Gasteiger partial charge in [0.1, 0.15) is 11.4 Å². The largest absolute Gasteiger partial charge is 0.357 e. The standard InChI is InChI=1S/C12H26NO2/c1-9(2)14-11(5,6)13-12(7,8)15-10(3)4/h9-10H,1-8H3. The van der Waals surface area contributed by atoms with Crippen molar-refractivity contribution in [2.24, 2.45) is 0 Å². The Morgan fingerprint density at radius 3 is 1.20 bits per heavy atom. The molecule has 0 N–H and O–H groups in total. The molecule has 0 saturated carbocycles. The van der Waals surface area contributed by atoms with Gasteiger partial charge in [0.05, 0.1) is 12.2 Å². The molecule has 15 heavy (non-hydrogen) atoms. The van der Waals surface area contributed by atoms with Crippen molar-refractivity contribution in [3.05, 3.63) is 0 Å². The maximum atomic E-state index is 5.71. The number of hydrogen-bond acceptors (Lipinski definition) is 2. The molecule has 0 aliphatic rings. The summed E-state index contributed by atoms with van der Waals surface area (Å²) in [6, 6.07) is 0. The molecular weight excluding hydrogens is 190 g/mol. The van der Waals surface area contributed by atoms with Gasteiger partial charge in [-0.1, -0.05) is 0 Å². The van der Waals surface area contributed by atoms with Gasteiger partial charge >= 0.3 is 0 Å². The zero-order chi connectivity index (χ0) is 12.3. The second kappa shape index (κ2) is 5.28. The van der Waals surface area contributed by atoms with Crippen molar-refractivity contribution in [3.63, 3.8) is 0 Å². The van der Waals surface area contributed by atoms with Gasteiger partial charge in [0.25, 0.3) is 0 Å². The van der Waals surface area contributed by atoms with Gasteiger partial charge in [-0.3, -0.25) is 0 Å². The average Bonchev–Trinajstić information content (AvgIpc) is 1.73. The van der Waals surface area contributed by atoms with Gasteiger partial charge in [-0.15, -0.1) is 0 Å². The molecule has 0 fully saturated rings. The first-order valence-electron chi connectivity index (χ1n) is 5.64. The van der Waals surface area contributed by atoms with Gasteiger partial charge in [0, 0.05) is 0 Å². The summed E-state index contributed by atoms with van der Waals surface area (Å²) in [5.74, 6) is 0. The van der Waals surface area contributed by atoms with Crippen molar-refractivity contribution in [2.45, 2.75) is 79.0 Å². The highest BCUT2D eigenvalue weighted by Crippen LogP contribution is 2.19. The Labute approximate surface area is 94.5 Å². The summed E-state index contributed by atoms with van der Waals surface area (Å²) in [6.45, 7) is 15.9. The molecule has 0 spiro atoms. The van der Waals surface area contributed by atoms with E-state index in [2.05, 4.69) is 5.32 Å². The molecule has 0 aromatic rings. The van der Waals surface area contributed by atoms with Gasteiger partial charge < -0.3 is 9.47 Å². The second-order valence-electron chi connectivity index (χ2n) is 5.34. The Bertz CT molecular complexity index is 166. The van der Waals surface area contributed by atoms with E-state index < -0.39 is 11.4 Å². The highest BCUT2D eigenvalue weighted by atomic mass is 16.5. The molecule has 0 unspecified atom stereocenters. The van der Waals surface area contributed by atoms with Crippen LogP contribution in [0.4, 0.5) is 0 Å². The number of nitrogens with zero attached hydrogens (tertiary/aromatic N) is 1. The molecule has 0 bridgehead atoms. The molecule has 0 saturated heterocycles. The van der Waals surface area contributed by atoms with Gasteiger partial charge in [-0.2, -0.15) is 5.32 Å². The van der Waals surface area contributed by atoms with Crippen LogP contribution in [0.5, 0.6) is 0 Å². The van der Waals surface area contributed by atoms with E-state index in [0.717, 1.165) is 0 Å². The Morgan fingerprint density at radius 2 is 1.00 bits per heavy atom. The first kappa shape index (κ1) is 14.9. The fourth-order valence-corrected chi connectivity index (χ4v) is 1.85. The van der Waals surface area contributed by atoms with Crippen molar-refractivity contribution in [1.29, 1.82) is 0 Å². The molecular formula is C12H26NO2. The van der Waals surface area contributed by atoms with Gasteiger partial charge in [-0.05, 0) is 55.4 Å². The minimum Gasteiger partial charge on any atom is -0.357 e. The molecule has 0 heterocycles. The van der Waals surface area contributed by atoms with Crippen LogP contribution in [-0.4, -0.2) is 23.7 Å². The Hall–Kier alpha value is -0.120. The van der Waals surface area contributed by atoms with Crippen molar-refractivity contribution in [3.8, 4) is 0 Å². The summed E-state index contributed by atoms with van der Waals surface area (Å²) in [6.07, 6.45) is 0.331. The topological polar surface area (TPSA) is 32.6 Å². The third-order valence-corrected chi connectivity index (χ3v) is 1.59. The van der Waals surface area contributed by atoms with Crippen molar-refractivity contribution < 1.29 is 9.47 Å². The van der Waals surface area contributed by atoms with Crippen LogP contribution < -0.4 is 5.32 Å². The number of hydrogen-bond donors (Lipinski definition) is 0. The van der Waals surface area contributed by atoms with Crippen LogP contribution in [0.15, 0.2) is 0 Å². The van der Waals surface area contributed by atoms with Crippen LogP contribution in [-0.2, 0) is 9.47 Å². The molecule has 0 atom stereocenters. The summed E-state index contributed by atoms with van der Waals surface area (Å²) < 4.78 is 11.4. The smallest absolute Gasteiger partial charge is 0.132 e. The van der Waals surface area contributed by atoms with E-state index in [4.69, 9.17) is 9.47 Å². The Morgan fingerprint density at radius 1 is 0.733 bits per heavy atom. The lowest BCUT2D eigenvalue weighted by atomic mass is 10.2. The molecule has 0 aromatic carbocycles. The van der Waals surface area contributed by atoms with Crippen molar-refractivity contribution >= 4 is 0 Å². The summed E-state index contributed by atoms with van der Waals surface area (Å²) in [4.78, 5) is 0. The predicted molar refractivity (Wildman–Crippen MR) is 62.7 cm³/mol. The number of ether oxygens (including phenoxy) is 2. The van der Waals surface area contributed by atoms with E-state index in [0.29, 0.717) is 0 Å². The lowest BCUT2D eigenvalue weighted by Crippen LogP contribution is -2.50. The lowest BCUT2D eigenvalue weighted by molar-refractivity contribution is -0.163. The Balaban J connectivity index is 4.29. The summed E-state index contributed by atoms with van der Waals surface area (Å²) in [7, 11) is 0. The molecule has 0 amide bonds. The van der Waals surface area contributed by atoms with Crippen LogP contribution in [0, 0.1) is 0 Å². The zero-order valence-corrected chi connectivity index (χ0v) is 11.4. The normalized spacial score (nSPS) is 14.0. The van der Waals surface area contributed by atoms with E-state index in [-0.39, 0.29) is 12.2 Å². The molecule has 3 heteroatoms. The summed E-state index contributed by atoms with van der Waals surface area (Å²) in [5.41, 5.74) is -1.01. The van der Waals surface area contributed by atoms with E-state index in [9.17, 15) is 0 Å². The third kappa shape index (κ3) is 7.77. The quantitative estimate of drug-likeness (QED) is 0.684. The van der Waals surface area contributed by atoms with Crippen molar-refractivity contribution in [2.75, 3.05) is 0 Å².